The number of rotatable bonds is 3. The Morgan fingerprint density at radius 3 is 2.62 bits per heavy atom. The first-order valence-electron chi connectivity index (χ1n) is 7.24. The van der Waals surface area contributed by atoms with E-state index in [0.717, 1.165) is 5.56 Å². The first-order chi connectivity index (χ1) is 9.85. The number of alkyl halides is 1. The first-order valence-corrected chi connectivity index (χ1v) is 7.24. The third-order valence-electron chi connectivity index (χ3n) is 3.31. The highest BCUT2D eigenvalue weighted by atomic mass is 19.1. The molecule has 2 rings (SSSR count). The molecular weight excluding hydrogens is 271 g/mol. The number of carbonyl (C=O) groups is 1. The second-order valence-electron chi connectivity index (χ2n) is 6.37. The van der Waals surface area contributed by atoms with Crippen LogP contribution in [0.15, 0.2) is 30.3 Å². The highest BCUT2D eigenvalue weighted by molar-refractivity contribution is 5.68. The third kappa shape index (κ3) is 4.70. The Bertz CT molecular complexity index is 473. The summed E-state index contributed by atoms with van der Waals surface area (Å²) in [6, 6.07) is 9.47. The van der Waals surface area contributed by atoms with Gasteiger partial charge in [-0.2, -0.15) is 0 Å². The van der Waals surface area contributed by atoms with E-state index in [-0.39, 0.29) is 12.6 Å². The molecule has 1 aliphatic heterocycles. The van der Waals surface area contributed by atoms with E-state index in [1.807, 2.05) is 30.3 Å². The van der Waals surface area contributed by atoms with Gasteiger partial charge < -0.3 is 15.0 Å². The minimum Gasteiger partial charge on any atom is -0.444 e. The summed E-state index contributed by atoms with van der Waals surface area (Å²) >= 11 is 0. The molecule has 0 spiro atoms. The molecule has 1 N–H and O–H groups in total. The SMILES string of the molecule is CC(C)(C)OC(=O)N1CC(NCc2ccccc2)[C@@H](F)C1. The van der Waals surface area contributed by atoms with Gasteiger partial charge in [-0.25, -0.2) is 9.18 Å². The van der Waals surface area contributed by atoms with Crippen LogP contribution in [0.4, 0.5) is 9.18 Å². The van der Waals surface area contributed by atoms with Crippen molar-refractivity contribution in [2.75, 3.05) is 13.1 Å². The fourth-order valence-electron chi connectivity index (χ4n) is 2.28. The summed E-state index contributed by atoms with van der Waals surface area (Å²) in [5, 5.41) is 3.17. The number of nitrogens with zero attached hydrogens (tertiary/aromatic N) is 1. The first kappa shape index (κ1) is 15.8. The van der Waals surface area contributed by atoms with Crippen LogP contribution >= 0.6 is 0 Å². The van der Waals surface area contributed by atoms with Gasteiger partial charge >= 0.3 is 6.09 Å². The van der Waals surface area contributed by atoms with Crippen molar-refractivity contribution in [2.45, 2.75) is 45.1 Å². The standard InChI is InChI=1S/C16H23FN2O2/c1-16(2,3)21-15(20)19-10-13(17)14(11-19)18-9-12-7-5-4-6-8-12/h4-8,13-14,18H,9-11H2,1-3H3/t13-,14?/m0/s1. The van der Waals surface area contributed by atoms with Gasteiger partial charge in [0, 0.05) is 13.1 Å². The number of benzene rings is 1. The van der Waals surface area contributed by atoms with Crippen LogP contribution in [-0.2, 0) is 11.3 Å². The van der Waals surface area contributed by atoms with E-state index in [0.29, 0.717) is 13.1 Å². The largest absolute Gasteiger partial charge is 0.444 e. The highest BCUT2D eigenvalue weighted by Crippen LogP contribution is 2.18. The van der Waals surface area contributed by atoms with Crippen LogP contribution in [0.2, 0.25) is 0 Å². The predicted octanol–water partition coefficient (Wildman–Crippen LogP) is 2.73. The Morgan fingerprint density at radius 1 is 1.33 bits per heavy atom. The summed E-state index contributed by atoms with van der Waals surface area (Å²) in [6.45, 7) is 6.43. The number of halogens is 1. The molecule has 116 valence electrons. The van der Waals surface area contributed by atoms with Crippen LogP contribution in [0.3, 0.4) is 0 Å². The molecule has 0 radical (unpaired) electrons. The van der Waals surface area contributed by atoms with E-state index in [9.17, 15) is 9.18 Å². The van der Waals surface area contributed by atoms with Gasteiger partial charge in [0.1, 0.15) is 11.8 Å². The quantitative estimate of drug-likeness (QED) is 0.932. The van der Waals surface area contributed by atoms with E-state index in [1.54, 1.807) is 20.8 Å². The average Bonchev–Trinajstić information content (AvgIpc) is 2.77. The van der Waals surface area contributed by atoms with Crippen LogP contribution in [0.25, 0.3) is 0 Å². The number of carbonyl (C=O) groups excluding carboxylic acids is 1. The topological polar surface area (TPSA) is 41.6 Å². The number of likely N-dealkylation sites (tertiary alicyclic amines) is 1. The van der Waals surface area contributed by atoms with E-state index in [1.165, 1.54) is 4.90 Å². The summed E-state index contributed by atoms with van der Waals surface area (Å²) in [4.78, 5) is 13.4. The van der Waals surface area contributed by atoms with E-state index >= 15 is 0 Å². The van der Waals surface area contributed by atoms with Crippen molar-refractivity contribution in [2.24, 2.45) is 0 Å². The lowest BCUT2D eigenvalue weighted by molar-refractivity contribution is 0.0282. The zero-order chi connectivity index (χ0) is 15.5. The van der Waals surface area contributed by atoms with E-state index < -0.39 is 17.9 Å². The van der Waals surface area contributed by atoms with Crippen LogP contribution in [-0.4, -0.2) is 41.9 Å². The molecule has 1 aromatic rings. The number of ether oxygens (including phenoxy) is 1. The molecule has 1 heterocycles. The third-order valence-corrected chi connectivity index (χ3v) is 3.31. The van der Waals surface area contributed by atoms with Gasteiger partial charge in [-0.15, -0.1) is 0 Å². The van der Waals surface area contributed by atoms with Gasteiger partial charge in [-0.1, -0.05) is 30.3 Å². The van der Waals surface area contributed by atoms with Crippen molar-refractivity contribution in [3.8, 4) is 0 Å². The average molecular weight is 294 g/mol. The monoisotopic (exact) mass is 294 g/mol. The van der Waals surface area contributed by atoms with Gasteiger partial charge in [0.05, 0.1) is 12.6 Å². The number of hydrogen-bond acceptors (Lipinski definition) is 3. The molecule has 4 nitrogen and oxygen atoms in total. The lowest BCUT2D eigenvalue weighted by Gasteiger charge is -2.24. The zero-order valence-electron chi connectivity index (χ0n) is 12.8. The van der Waals surface area contributed by atoms with Crippen molar-refractivity contribution >= 4 is 6.09 Å². The van der Waals surface area contributed by atoms with Crippen molar-refractivity contribution in [3.63, 3.8) is 0 Å². The fraction of sp³-hybridized carbons (Fsp3) is 0.562. The smallest absolute Gasteiger partial charge is 0.410 e. The zero-order valence-corrected chi connectivity index (χ0v) is 12.8. The molecular formula is C16H23FN2O2. The maximum Gasteiger partial charge on any atom is 0.410 e. The predicted molar refractivity (Wildman–Crippen MR) is 79.8 cm³/mol. The Hall–Kier alpha value is -1.62. The summed E-state index contributed by atoms with van der Waals surface area (Å²) in [5.74, 6) is 0. The molecule has 1 unspecified atom stereocenters. The normalized spacial score (nSPS) is 22.4. The molecule has 21 heavy (non-hydrogen) atoms. The fourth-order valence-corrected chi connectivity index (χ4v) is 2.28. The van der Waals surface area contributed by atoms with Crippen LogP contribution < -0.4 is 5.32 Å². The van der Waals surface area contributed by atoms with Gasteiger partial charge in [-0.05, 0) is 26.3 Å². The lowest BCUT2D eigenvalue weighted by atomic mass is 10.2. The van der Waals surface area contributed by atoms with Crippen molar-refractivity contribution in [1.29, 1.82) is 0 Å². The van der Waals surface area contributed by atoms with Crippen LogP contribution in [0.1, 0.15) is 26.3 Å². The number of nitrogens with one attached hydrogen (secondary N) is 1. The minimum atomic E-state index is -1.07. The highest BCUT2D eigenvalue weighted by Gasteiger charge is 2.36. The van der Waals surface area contributed by atoms with E-state index in [2.05, 4.69) is 5.32 Å². The maximum atomic E-state index is 14.0. The molecule has 0 aliphatic carbocycles. The molecule has 1 aromatic carbocycles. The molecule has 1 amide bonds. The molecule has 1 saturated heterocycles. The Labute approximate surface area is 125 Å². The number of amides is 1. The molecule has 0 aromatic heterocycles. The summed E-state index contributed by atoms with van der Waals surface area (Å²) in [5.41, 5.74) is 0.541. The van der Waals surface area contributed by atoms with E-state index in [4.69, 9.17) is 4.74 Å². The van der Waals surface area contributed by atoms with Gasteiger partial charge in [-0.3, -0.25) is 0 Å². The van der Waals surface area contributed by atoms with Crippen LogP contribution in [0, 0.1) is 0 Å². The van der Waals surface area contributed by atoms with Gasteiger partial charge in [0.15, 0.2) is 0 Å². The summed E-state index contributed by atoms with van der Waals surface area (Å²) in [6.07, 6.45) is -1.52. The van der Waals surface area contributed by atoms with Gasteiger partial charge in [0.2, 0.25) is 0 Å². The number of hydrogen-bond donors (Lipinski definition) is 1. The Morgan fingerprint density at radius 2 is 2.00 bits per heavy atom. The van der Waals surface area contributed by atoms with Crippen molar-refractivity contribution < 1.29 is 13.9 Å². The molecule has 1 fully saturated rings. The summed E-state index contributed by atoms with van der Waals surface area (Å²) < 4.78 is 19.3. The second-order valence-corrected chi connectivity index (χ2v) is 6.37. The van der Waals surface area contributed by atoms with Gasteiger partial charge in [0.25, 0.3) is 0 Å². The molecule has 0 saturated carbocycles. The minimum absolute atomic E-state index is 0.0847. The summed E-state index contributed by atoms with van der Waals surface area (Å²) in [7, 11) is 0. The Kier molecular flexibility index (Phi) is 4.83. The second kappa shape index (κ2) is 6.43. The van der Waals surface area contributed by atoms with Crippen LogP contribution in [0.5, 0.6) is 0 Å². The molecule has 1 aliphatic rings. The Balaban J connectivity index is 1.85. The molecule has 5 heteroatoms. The molecule has 0 bridgehead atoms. The van der Waals surface area contributed by atoms with Crippen molar-refractivity contribution in [3.05, 3.63) is 35.9 Å². The lowest BCUT2D eigenvalue weighted by Crippen LogP contribution is -2.39. The maximum absolute atomic E-state index is 14.0. The van der Waals surface area contributed by atoms with Crippen molar-refractivity contribution in [1.82, 2.24) is 10.2 Å². The molecule has 2 atom stereocenters.